The molecule has 0 bridgehead atoms. The quantitative estimate of drug-likeness (QED) is 0.535. The lowest BCUT2D eigenvalue weighted by molar-refractivity contribution is 0.0986. The molecular weight excluding hydrogens is 390 g/mol. The molecule has 0 atom stereocenters. The summed E-state index contributed by atoms with van der Waals surface area (Å²) in [6.45, 7) is 7.62. The summed E-state index contributed by atoms with van der Waals surface area (Å²) in [5, 5.41) is 1.42. The van der Waals surface area contributed by atoms with Crippen LogP contribution in [-0.2, 0) is 0 Å². The van der Waals surface area contributed by atoms with Crippen molar-refractivity contribution >= 4 is 44.2 Å². The van der Waals surface area contributed by atoms with Crippen molar-refractivity contribution in [2.45, 2.75) is 27.2 Å². The highest BCUT2D eigenvalue weighted by Crippen LogP contribution is 2.33. The maximum Gasteiger partial charge on any atom is 0.260 e. The third kappa shape index (κ3) is 4.54. The number of aryl methyl sites for hydroxylation is 3. The van der Waals surface area contributed by atoms with E-state index in [1.807, 2.05) is 63.2 Å². The summed E-state index contributed by atoms with van der Waals surface area (Å²) in [6, 6.07) is 9.70. The van der Waals surface area contributed by atoms with Gasteiger partial charge in [-0.05, 0) is 88.8 Å². The molecule has 0 aliphatic carbocycles. The Morgan fingerprint density at radius 3 is 2.46 bits per heavy atom. The molecule has 6 heteroatoms. The first-order chi connectivity index (χ1) is 13.3. The molecular formula is C22H26ClN3OS. The number of fused-ring (bicyclic) bond motifs is 1. The topological polar surface area (TPSA) is 36.4 Å². The molecule has 0 fully saturated rings. The van der Waals surface area contributed by atoms with Crippen LogP contribution in [0.2, 0.25) is 5.02 Å². The number of halogens is 1. The summed E-state index contributed by atoms with van der Waals surface area (Å²) in [5.74, 6) is -0.00957. The van der Waals surface area contributed by atoms with Gasteiger partial charge in [-0.1, -0.05) is 29.0 Å². The number of aromatic nitrogens is 1. The third-order valence-corrected chi connectivity index (χ3v) is 6.10. The molecule has 0 radical (unpaired) electrons. The van der Waals surface area contributed by atoms with Crippen molar-refractivity contribution in [1.82, 2.24) is 9.88 Å². The monoisotopic (exact) mass is 415 g/mol. The van der Waals surface area contributed by atoms with Gasteiger partial charge in [0.1, 0.15) is 0 Å². The molecule has 2 aromatic carbocycles. The molecule has 3 rings (SSSR count). The van der Waals surface area contributed by atoms with Crippen molar-refractivity contribution in [2.75, 3.05) is 32.1 Å². The second-order valence-corrected chi connectivity index (χ2v) is 8.92. The van der Waals surface area contributed by atoms with Gasteiger partial charge in [-0.3, -0.25) is 9.69 Å². The molecule has 1 heterocycles. The average molecular weight is 416 g/mol. The fraction of sp³-hybridized carbons (Fsp3) is 0.364. The molecule has 0 aliphatic rings. The number of carbonyl (C=O) groups is 1. The smallest absolute Gasteiger partial charge is 0.260 e. The van der Waals surface area contributed by atoms with Gasteiger partial charge in [0.2, 0.25) is 0 Å². The molecule has 0 aliphatic heterocycles. The molecule has 1 aromatic heterocycles. The summed E-state index contributed by atoms with van der Waals surface area (Å²) in [6.07, 6.45) is 0.874. The Morgan fingerprint density at radius 1 is 1.04 bits per heavy atom. The standard InChI is InChI=1S/C22H26ClN3OS/c1-14-7-8-17(11-15(14)2)21(27)26(10-6-9-25(4)5)22-24-20-16(3)12-18(23)13-19(20)28-22/h7-8,11-13H,6,9-10H2,1-5H3. The first-order valence-corrected chi connectivity index (χ1v) is 10.6. The Balaban J connectivity index is 1.99. The second kappa shape index (κ2) is 8.60. The lowest BCUT2D eigenvalue weighted by atomic mass is 10.1. The highest BCUT2D eigenvalue weighted by molar-refractivity contribution is 7.22. The molecule has 0 spiro atoms. The van der Waals surface area contributed by atoms with Crippen LogP contribution in [0.5, 0.6) is 0 Å². The summed E-state index contributed by atoms with van der Waals surface area (Å²) in [7, 11) is 4.08. The van der Waals surface area contributed by atoms with Gasteiger partial charge in [0, 0.05) is 17.1 Å². The number of hydrogen-bond donors (Lipinski definition) is 0. The zero-order valence-electron chi connectivity index (χ0n) is 17.0. The van der Waals surface area contributed by atoms with Gasteiger partial charge in [0.15, 0.2) is 5.13 Å². The highest BCUT2D eigenvalue weighted by atomic mass is 35.5. The zero-order valence-corrected chi connectivity index (χ0v) is 18.6. The molecule has 28 heavy (non-hydrogen) atoms. The molecule has 1 amide bonds. The van der Waals surface area contributed by atoms with E-state index in [1.165, 1.54) is 16.9 Å². The zero-order chi connectivity index (χ0) is 20.4. The highest BCUT2D eigenvalue weighted by Gasteiger charge is 2.22. The van der Waals surface area contributed by atoms with E-state index in [1.54, 1.807) is 0 Å². The van der Waals surface area contributed by atoms with Crippen molar-refractivity contribution in [2.24, 2.45) is 0 Å². The van der Waals surface area contributed by atoms with Crippen LogP contribution >= 0.6 is 22.9 Å². The van der Waals surface area contributed by atoms with E-state index >= 15 is 0 Å². The lowest BCUT2D eigenvalue weighted by Gasteiger charge is -2.21. The Morgan fingerprint density at radius 2 is 1.79 bits per heavy atom. The van der Waals surface area contributed by atoms with Crippen molar-refractivity contribution in [3.63, 3.8) is 0 Å². The third-order valence-electron chi connectivity index (χ3n) is 4.86. The van der Waals surface area contributed by atoms with Crippen LogP contribution < -0.4 is 4.90 Å². The van der Waals surface area contributed by atoms with E-state index in [-0.39, 0.29) is 5.91 Å². The number of anilines is 1. The number of hydrogen-bond acceptors (Lipinski definition) is 4. The van der Waals surface area contributed by atoms with E-state index < -0.39 is 0 Å². The molecule has 4 nitrogen and oxygen atoms in total. The van der Waals surface area contributed by atoms with Gasteiger partial charge in [-0.15, -0.1) is 0 Å². The molecule has 0 unspecified atom stereocenters. The van der Waals surface area contributed by atoms with Crippen molar-refractivity contribution in [3.05, 3.63) is 57.6 Å². The summed E-state index contributed by atoms with van der Waals surface area (Å²) in [4.78, 5) is 22.1. The first kappa shape index (κ1) is 20.8. The maximum absolute atomic E-state index is 13.4. The Kier molecular flexibility index (Phi) is 6.38. The second-order valence-electron chi connectivity index (χ2n) is 7.48. The van der Waals surface area contributed by atoms with E-state index in [2.05, 4.69) is 11.8 Å². The largest absolute Gasteiger partial charge is 0.309 e. The first-order valence-electron chi connectivity index (χ1n) is 9.37. The van der Waals surface area contributed by atoms with Gasteiger partial charge < -0.3 is 4.90 Å². The van der Waals surface area contributed by atoms with Crippen LogP contribution in [0.3, 0.4) is 0 Å². The minimum atomic E-state index is -0.00957. The Hall–Kier alpha value is -1.95. The fourth-order valence-corrected chi connectivity index (χ4v) is 4.56. The van der Waals surface area contributed by atoms with Crippen molar-refractivity contribution < 1.29 is 4.79 Å². The SMILES string of the molecule is Cc1ccc(C(=O)N(CCCN(C)C)c2nc3c(C)cc(Cl)cc3s2)cc1C. The van der Waals surface area contributed by atoms with Gasteiger partial charge in [0.05, 0.1) is 10.2 Å². The minimum absolute atomic E-state index is 0.00957. The predicted octanol–water partition coefficient (Wildman–Crippen LogP) is 5.47. The fourth-order valence-electron chi connectivity index (χ4n) is 3.12. The van der Waals surface area contributed by atoms with Gasteiger partial charge in [-0.2, -0.15) is 0 Å². The number of thiazole rings is 1. The number of amides is 1. The molecule has 0 saturated heterocycles. The Bertz CT molecular complexity index is 1010. The van der Waals surface area contributed by atoms with E-state index in [0.717, 1.165) is 39.4 Å². The molecule has 3 aromatic rings. The number of rotatable bonds is 6. The summed E-state index contributed by atoms with van der Waals surface area (Å²) in [5.41, 5.74) is 4.93. The van der Waals surface area contributed by atoms with Crippen LogP contribution in [0.25, 0.3) is 10.2 Å². The van der Waals surface area contributed by atoms with Crippen LogP contribution in [-0.4, -0.2) is 43.0 Å². The lowest BCUT2D eigenvalue weighted by Crippen LogP contribution is -2.33. The van der Waals surface area contributed by atoms with Gasteiger partial charge in [0.25, 0.3) is 5.91 Å². The number of carbonyl (C=O) groups excluding carboxylic acids is 1. The van der Waals surface area contributed by atoms with Crippen molar-refractivity contribution in [1.29, 1.82) is 0 Å². The van der Waals surface area contributed by atoms with E-state index in [0.29, 0.717) is 17.1 Å². The van der Waals surface area contributed by atoms with Gasteiger partial charge in [-0.25, -0.2) is 4.98 Å². The summed E-state index contributed by atoms with van der Waals surface area (Å²) >= 11 is 7.73. The summed E-state index contributed by atoms with van der Waals surface area (Å²) < 4.78 is 1.01. The maximum atomic E-state index is 13.4. The predicted molar refractivity (Wildman–Crippen MR) is 120 cm³/mol. The van der Waals surface area contributed by atoms with Gasteiger partial charge >= 0.3 is 0 Å². The number of nitrogens with zero attached hydrogens (tertiary/aromatic N) is 3. The minimum Gasteiger partial charge on any atom is -0.309 e. The van der Waals surface area contributed by atoms with Crippen LogP contribution in [0.1, 0.15) is 33.5 Å². The average Bonchev–Trinajstić information content (AvgIpc) is 3.04. The Labute approximate surface area is 175 Å². The normalized spacial score (nSPS) is 11.4. The molecule has 0 saturated carbocycles. The van der Waals surface area contributed by atoms with Crippen molar-refractivity contribution in [3.8, 4) is 0 Å². The van der Waals surface area contributed by atoms with Crippen LogP contribution in [0.15, 0.2) is 30.3 Å². The van der Waals surface area contributed by atoms with E-state index in [4.69, 9.17) is 16.6 Å². The van der Waals surface area contributed by atoms with Crippen LogP contribution in [0, 0.1) is 20.8 Å². The molecule has 0 N–H and O–H groups in total. The van der Waals surface area contributed by atoms with Crippen LogP contribution in [0.4, 0.5) is 5.13 Å². The molecule has 148 valence electrons. The number of benzene rings is 2. The van der Waals surface area contributed by atoms with E-state index in [9.17, 15) is 4.79 Å².